The molecule has 2 N–H and O–H groups in total. The van der Waals surface area contributed by atoms with Gasteiger partial charge in [0.05, 0.1) is 7.11 Å². The average molecular weight is 306 g/mol. The molecule has 0 saturated carbocycles. The van der Waals surface area contributed by atoms with E-state index < -0.39 is 0 Å². The number of benzene rings is 1. The van der Waals surface area contributed by atoms with Crippen molar-refractivity contribution in [1.82, 2.24) is 0 Å². The molecule has 1 aromatic carbocycles. The molecule has 0 aliphatic carbocycles. The van der Waals surface area contributed by atoms with Gasteiger partial charge in [0.15, 0.2) is 0 Å². The van der Waals surface area contributed by atoms with Crippen LogP contribution in [0.2, 0.25) is 0 Å². The predicted molar refractivity (Wildman–Crippen MR) is 97.1 cm³/mol. The highest BCUT2D eigenvalue weighted by Gasteiger charge is 2.28. The molecule has 2 heteroatoms. The Labute approximate surface area is 137 Å². The highest BCUT2D eigenvalue weighted by molar-refractivity contribution is 5.51. The summed E-state index contributed by atoms with van der Waals surface area (Å²) in [6.45, 7) is 16.6. The lowest BCUT2D eigenvalue weighted by Crippen LogP contribution is -2.20. The van der Waals surface area contributed by atoms with E-state index in [1.54, 1.807) is 7.11 Å². The Morgan fingerprint density at radius 1 is 1.00 bits per heavy atom. The summed E-state index contributed by atoms with van der Waals surface area (Å²) in [7, 11) is 1.79. The van der Waals surface area contributed by atoms with Crippen LogP contribution in [0.15, 0.2) is 12.1 Å². The molecule has 0 aromatic heterocycles. The topological polar surface area (TPSA) is 35.2 Å². The van der Waals surface area contributed by atoms with Gasteiger partial charge in [-0.3, -0.25) is 0 Å². The van der Waals surface area contributed by atoms with Crippen LogP contribution in [0.3, 0.4) is 0 Å². The molecule has 0 radical (unpaired) electrons. The van der Waals surface area contributed by atoms with Crippen LogP contribution in [-0.4, -0.2) is 13.7 Å². The molecule has 0 aliphatic heterocycles. The van der Waals surface area contributed by atoms with Crippen LogP contribution in [0.5, 0.6) is 5.75 Å². The molecule has 22 heavy (non-hydrogen) atoms. The van der Waals surface area contributed by atoms with Gasteiger partial charge in [-0.15, -0.1) is 0 Å². The molecule has 0 amide bonds. The van der Waals surface area contributed by atoms with Crippen molar-refractivity contribution in [2.45, 2.75) is 78.1 Å². The van der Waals surface area contributed by atoms with Crippen molar-refractivity contribution in [2.75, 3.05) is 13.7 Å². The Morgan fingerprint density at radius 3 is 1.77 bits per heavy atom. The van der Waals surface area contributed by atoms with Crippen molar-refractivity contribution in [1.29, 1.82) is 0 Å². The molecule has 0 aliphatic rings. The highest BCUT2D eigenvalue weighted by Crippen LogP contribution is 2.42. The van der Waals surface area contributed by atoms with Gasteiger partial charge >= 0.3 is 0 Å². The smallest absolute Gasteiger partial charge is 0.126 e. The van der Waals surface area contributed by atoms with Crippen molar-refractivity contribution in [3.05, 3.63) is 28.8 Å². The average Bonchev–Trinajstić information content (AvgIpc) is 2.41. The van der Waals surface area contributed by atoms with Crippen molar-refractivity contribution in [3.63, 3.8) is 0 Å². The quantitative estimate of drug-likeness (QED) is 0.818. The zero-order valence-corrected chi connectivity index (χ0v) is 15.8. The van der Waals surface area contributed by atoms with Crippen LogP contribution in [0.1, 0.15) is 83.9 Å². The first kappa shape index (κ1) is 19.0. The third-order valence-electron chi connectivity index (χ3n) is 4.34. The summed E-state index contributed by atoms with van der Waals surface area (Å²) in [4.78, 5) is 0. The van der Waals surface area contributed by atoms with Crippen molar-refractivity contribution in [2.24, 2.45) is 5.73 Å². The van der Waals surface area contributed by atoms with E-state index in [4.69, 9.17) is 10.5 Å². The fourth-order valence-electron chi connectivity index (χ4n) is 2.86. The van der Waals surface area contributed by atoms with Crippen LogP contribution in [-0.2, 0) is 10.8 Å². The Morgan fingerprint density at radius 2 is 1.45 bits per heavy atom. The Kier molecular flexibility index (Phi) is 6.09. The molecular formula is C20H35NO. The van der Waals surface area contributed by atoms with Gasteiger partial charge in [-0.1, -0.05) is 60.6 Å². The minimum atomic E-state index is 0.0644. The molecule has 1 atom stereocenters. The molecule has 126 valence electrons. The fraction of sp³-hybridized carbons (Fsp3) is 0.700. The van der Waals surface area contributed by atoms with E-state index in [1.807, 2.05) is 0 Å². The molecule has 0 bridgehead atoms. The standard InChI is InChI=1S/C20H35NO/c1-14(10-9-11-21)15-12-16(19(2,3)4)18(22-8)17(13-15)20(5,6)7/h12-14H,9-11,21H2,1-8H3. The van der Waals surface area contributed by atoms with E-state index in [0.717, 1.165) is 25.1 Å². The first-order valence-corrected chi connectivity index (χ1v) is 8.45. The molecule has 2 nitrogen and oxygen atoms in total. The van der Waals surface area contributed by atoms with Crippen LogP contribution in [0, 0.1) is 0 Å². The lowest BCUT2D eigenvalue weighted by molar-refractivity contribution is 0.380. The SMILES string of the molecule is COc1c(C(C)(C)C)cc(C(C)CCCN)cc1C(C)(C)C. The van der Waals surface area contributed by atoms with Gasteiger partial charge < -0.3 is 10.5 Å². The first-order valence-electron chi connectivity index (χ1n) is 8.45. The summed E-state index contributed by atoms with van der Waals surface area (Å²) < 4.78 is 5.83. The maximum Gasteiger partial charge on any atom is 0.126 e. The fourth-order valence-corrected chi connectivity index (χ4v) is 2.86. The van der Waals surface area contributed by atoms with E-state index in [9.17, 15) is 0 Å². The Balaban J connectivity index is 3.49. The molecular weight excluding hydrogens is 270 g/mol. The monoisotopic (exact) mass is 305 g/mol. The van der Waals surface area contributed by atoms with Gasteiger partial charge in [-0.2, -0.15) is 0 Å². The zero-order chi connectivity index (χ0) is 17.1. The molecule has 0 heterocycles. The van der Waals surface area contributed by atoms with Crippen molar-refractivity contribution < 1.29 is 4.74 Å². The van der Waals surface area contributed by atoms with Gasteiger partial charge in [-0.25, -0.2) is 0 Å². The van der Waals surface area contributed by atoms with Gasteiger partial charge in [0, 0.05) is 11.1 Å². The molecule has 1 aromatic rings. The van der Waals surface area contributed by atoms with Crippen LogP contribution < -0.4 is 10.5 Å². The second kappa shape index (κ2) is 7.04. The van der Waals surface area contributed by atoms with Gasteiger partial charge in [-0.05, 0) is 41.7 Å². The van der Waals surface area contributed by atoms with Gasteiger partial charge in [0.25, 0.3) is 0 Å². The van der Waals surface area contributed by atoms with Crippen molar-refractivity contribution in [3.8, 4) is 5.75 Å². The molecule has 1 rings (SSSR count). The second-order valence-corrected chi connectivity index (χ2v) is 8.48. The number of methoxy groups -OCH3 is 1. The number of ether oxygens (including phenoxy) is 1. The summed E-state index contributed by atoms with van der Waals surface area (Å²) in [6.07, 6.45) is 2.21. The Hall–Kier alpha value is -1.02. The number of nitrogens with two attached hydrogens (primary N) is 1. The van der Waals surface area contributed by atoms with Gasteiger partial charge in [0.1, 0.15) is 5.75 Å². The maximum absolute atomic E-state index is 5.83. The number of rotatable bonds is 5. The maximum atomic E-state index is 5.83. The lowest BCUT2D eigenvalue weighted by Gasteiger charge is -2.31. The number of hydrogen-bond donors (Lipinski definition) is 1. The van der Waals surface area contributed by atoms with Crippen LogP contribution in [0.25, 0.3) is 0 Å². The van der Waals surface area contributed by atoms with Crippen molar-refractivity contribution >= 4 is 0 Å². The summed E-state index contributed by atoms with van der Waals surface area (Å²) in [5, 5.41) is 0. The lowest BCUT2D eigenvalue weighted by atomic mass is 9.76. The summed E-state index contributed by atoms with van der Waals surface area (Å²) in [5.74, 6) is 1.58. The molecule has 0 spiro atoms. The summed E-state index contributed by atoms with van der Waals surface area (Å²) >= 11 is 0. The largest absolute Gasteiger partial charge is 0.496 e. The third kappa shape index (κ3) is 4.49. The number of hydrogen-bond acceptors (Lipinski definition) is 2. The third-order valence-corrected chi connectivity index (χ3v) is 4.34. The Bertz CT molecular complexity index is 456. The molecule has 0 fully saturated rings. The molecule has 0 saturated heterocycles. The normalized spacial score (nSPS) is 14.0. The van der Waals surface area contributed by atoms with E-state index in [1.165, 1.54) is 16.7 Å². The van der Waals surface area contributed by atoms with E-state index in [0.29, 0.717) is 5.92 Å². The van der Waals surface area contributed by atoms with E-state index >= 15 is 0 Å². The summed E-state index contributed by atoms with van der Waals surface area (Å²) in [6, 6.07) is 4.69. The predicted octanol–water partition coefficient (Wildman–Crippen LogP) is 5.13. The summed E-state index contributed by atoms with van der Waals surface area (Å²) in [5.41, 5.74) is 9.82. The minimum Gasteiger partial charge on any atom is -0.496 e. The highest BCUT2D eigenvalue weighted by atomic mass is 16.5. The van der Waals surface area contributed by atoms with Crippen LogP contribution in [0.4, 0.5) is 0 Å². The zero-order valence-electron chi connectivity index (χ0n) is 15.8. The minimum absolute atomic E-state index is 0.0644. The van der Waals surface area contributed by atoms with Gasteiger partial charge in [0.2, 0.25) is 0 Å². The van der Waals surface area contributed by atoms with Crippen LogP contribution >= 0.6 is 0 Å². The molecule has 1 unspecified atom stereocenters. The van der Waals surface area contributed by atoms with E-state index in [2.05, 4.69) is 60.6 Å². The van der Waals surface area contributed by atoms with E-state index in [-0.39, 0.29) is 10.8 Å². The second-order valence-electron chi connectivity index (χ2n) is 8.48. The first-order chi connectivity index (χ1) is 10.0.